The predicted molar refractivity (Wildman–Crippen MR) is 493 cm³/mol. The number of alkyl halides is 27. The number of ketones is 2. The van der Waals surface area contributed by atoms with E-state index in [1.54, 1.807) is 13.8 Å². The first-order chi connectivity index (χ1) is 66.3. The molecule has 5 aliphatic heterocycles. The zero-order valence-electron chi connectivity index (χ0n) is 73.5. The minimum absolute atomic E-state index is 0.0130. The van der Waals surface area contributed by atoms with Crippen LogP contribution < -0.4 is 43.4 Å². The molecule has 0 spiro atoms. The number of carbonyl (C=O) groups excluding carboxylic acids is 8. The minimum atomic E-state index is -5.43. The average molecular weight is 2770 g/mol. The van der Waals surface area contributed by atoms with Crippen LogP contribution in [0.15, 0.2) is 66.7 Å². The van der Waals surface area contributed by atoms with Crippen molar-refractivity contribution < 1.29 is 215 Å². The first-order valence-corrected chi connectivity index (χ1v) is 62.4. The number of aliphatic hydroxyl groups is 1. The number of nitrogens with one attached hydrogen (secondary N) is 6. The molecule has 0 aliphatic carbocycles. The van der Waals surface area contributed by atoms with Gasteiger partial charge in [-0.05, 0) is 137 Å². The number of anilines is 8. The summed E-state index contributed by atoms with van der Waals surface area (Å²) in [4.78, 5) is 124. The van der Waals surface area contributed by atoms with Gasteiger partial charge in [-0.2, -0.15) is 123 Å². The number of Topliss-reactive ketones (excluding diaryl/α,β-unsaturated/α-hetero) is 2. The fraction of sp³-hybridized carbons (Fsp3) is 0.436. The third kappa shape index (κ3) is 42.5. The van der Waals surface area contributed by atoms with E-state index < -0.39 is 227 Å². The Morgan fingerprint density at radius 1 is 0.462 bits per heavy atom. The molecule has 1 atom stereocenters. The van der Waals surface area contributed by atoms with Gasteiger partial charge in [0.15, 0.2) is 5.60 Å². The van der Waals surface area contributed by atoms with Crippen molar-refractivity contribution in [3.05, 3.63) is 180 Å². The zero-order valence-corrected chi connectivity index (χ0v) is 87.1. The topological polar surface area (TPSA) is 481 Å². The molecule has 11 N–H and O–H groups in total. The van der Waals surface area contributed by atoms with Gasteiger partial charge in [-0.15, -0.1) is 0 Å². The molecule has 0 aromatic heterocycles. The Bertz CT molecular complexity index is 5550. The van der Waals surface area contributed by atoms with Gasteiger partial charge in [-0.1, -0.05) is 6.92 Å². The van der Waals surface area contributed by atoms with Crippen molar-refractivity contribution in [3.8, 4) is 0 Å². The Morgan fingerprint density at radius 2 is 0.807 bits per heavy atom. The van der Waals surface area contributed by atoms with Crippen molar-refractivity contribution in [2.75, 3.05) is 82.8 Å². The van der Waals surface area contributed by atoms with E-state index >= 15 is 0 Å². The molecule has 32 nitrogen and oxygen atoms in total. The standard InChI is InChI=1S/2C14H12F6N2O2.C12H11F3N2O6.C10H9F3N2O.C10H11F3N2.C7H2F4N2O4.C6H7F3O3.C5H10O2.5HI.2V/c15-13(16,17)7-4-8-6(2-1-3-21-8)11-10(7)12(24,14(18,19)20)5-9(23)22-11;15-13(16,17)7-4-9-8(2-1-3-21-9)10(5-7)22-12(24)6-11(23)14(18,19)20;1-2-23-11(18)4-3-8-9(16(19)20)5-7(12(13,14)15)6-10(8)17(21)22;11-10(12,13)5-3-7(14)6-1-2-9(16)15-8(6)4-5;11-10(12,13)6-4-8(14)7-2-1-3-15-9(7)5-6;8-6-4(12(14)15)1-3(7(9,10)11)2-5(6)13(16)17;1-2-12-5(11)3-4(10)6(7,8)9;1-3-5(6)7-4-2;;;;;;;/h4,21,24H,1-3,5H2,(H,22,23);4-5,21H,1-3,6H2,(H,22,24);5-6H,2-4H2,1H3;3-4H,1-2,14H2,(H,15,16);4-5,15H,1-3,14H2;1-2H;2-3H2,1H3;3-4H2,1-2H3;5*1H;;/q;;;;;;;;;;;;;+2;+3/p-5. The van der Waals surface area contributed by atoms with Crippen LogP contribution in [0.25, 0.3) is 0 Å². The molecule has 807 valence electrons. The Labute approximate surface area is 864 Å². The molecule has 145 heavy (non-hydrogen) atoms. The first-order valence-electron chi connectivity index (χ1n) is 39.8. The zero-order chi connectivity index (χ0) is 112. The number of nitrogens with zero attached hydrogens (tertiary/aromatic N) is 4. The van der Waals surface area contributed by atoms with Crippen LogP contribution in [0.1, 0.15) is 152 Å². The summed E-state index contributed by atoms with van der Waals surface area (Å²) in [6.07, 6.45) is -45.0. The van der Waals surface area contributed by atoms with Crippen LogP contribution in [0.3, 0.4) is 0 Å². The van der Waals surface area contributed by atoms with Gasteiger partial charge in [0.1, 0.15) is 12.0 Å². The second kappa shape index (κ2) is 57.0. The third-order valence-electron chi connectivity index (χ3n) is 18.7. The summed E-state index contributed by atoms with van der Waals surface area (Å²) in [7, 11) is 0.628. The molecule has 0 fully saturated rings. The Morgan fingerprint density at radius 3 is 1.18 bits per heavy atom. The summed E-state index contributed by atoms with van der Waals surface area (Å²) >= 11 is 12.1. The molecule has 0 saturated heterocycles. The molecule has 0 bridgehead atoms. The predicted octanol–water partition coefficient (Wildman–Crippen LogP) is 23.6. The quantitative estimate of drug-likeness (QED) is 0.00635. The fourth-order valence-corrected chi connectivity index (χ4v) is 12.5. The first kappa shape index (κ1) is 132. The summed E-state index contributed by atoms with van der Waals surface area (Å²) in [6, 6.07) is 6.30. The number of benzene rings is 6. The van der Waals surface area contributed by atoms with Crippen molar-refractivity contribution in [1.29, 1.82) is 0 Å². The Kier molecular flexibility index (Phi) is 51.9. The van der Waals surface area contributed by atoms with Crippen LogP contribution in [0.5, 0.6) is 0 Å². The number of rotatable bonds is 16. The van der Waals surface area contributed by atoms with Crippen LogP contribution in [-0.4, -0.2) is 130 Å². The van der Waals surface area contributed by atoms with Gasteiger partial charge in [0.2, 0.25) is 29.3 Å². The number of carbonyl (C=O) groups is 8. The van der Waals surface area contributed by atoms with Gasteiger partial charge >= 0.3 is 199 Å². The molecule has 3 amide bonds. The summed E-state index contributed by atoms with van der Waals surface area (Å²) in [6.45, 7) is 8.53. The molecule has 5 aliphatic rings. The summed E-state index contributed by atoms with van der Waals surface area (Å²) in [5.74, 6) is -11.1. The van der Waals surface area contributed by atoms with Gasteiger partial charge in [-0.25, -0.2) is 0 Å². The SMILES string of the molecule is CCOC(=O)CC.CCOC(=O)CC(=O)C(F)(F)F.CCOC(=O)CCc1c([N+](=O)[O-])cc(C(F)(F)F)cc1[N+](=O)[O-].Nc1cc(C(F)(F)F)cc2c1CCC(=O)N2.Nc1cc(C(F)(F)F)cc2c1CCCN2.O=C(CC(=O)C(F)(F)F)Nc1cc(C(F)(F)F)cc2c1CCCN2.O=C1CC(O)(C(F)(F)F)c2c(C(F)(F)F)cc3c(c2N1)CCCN3.O=[N+]([O-])c1cc(C(F)(F)F)cc([N+](=O)[O-])c1F.[I][V]([I])[I].[I][V][I]. The van der Waals surface area contributed by atoms with E-state index in [0.29, 0.717) is 96.8 Å². The third-order valence-corrected chi connectivity index (χ3v) is 18.7. The van der Waals surface area contributed by atoms with Crippen LogP contribution in [0.4, 0.5) is 191 Å². The van der Waals surface area contributed by atoms with E-state index in [0.717, 1.165) is 48.7 Å². The van der Waals surface area contributed by atoms with E-state index in [2.05, 4.69) is 141 Å². The van der Waals surface area contributed by atoms with E-state index in [1.807, 2.05) is 5.32 Å². The molecule has 5 heterocycles. The van der Waals surface area contributed by atoms with E-state index in [9.17, 15) is 207 Å². The van der Waals surface area contributed by atoms with Crippen molar-refractivity contribution in [1.82, 2.24) is 0 Å². The van der Waals surface area contributed by atoms with Gasteiger partial charge in [0.05, 0.1) is 97.8 Å². The molecule has 67 heteroatoms. The summed E-state index contributed by atoms with van der Waals surface area (Å²) < 4.78 is 366. The van der Waals surface area contributed by atoms with Crippen molar-refractivity contribution in [3.63, 3.8) is 0 Å². The van der Waals surface area contributed by atoms with Gasteiger partial charge in [-0.3, -0.25) is 78.8 Å². The number of fused-ring (bicyclic) bond motifs is 6. The number of nitrogen functional groups attached to an aromatic ring is 2. The van der Waals surface area contributed by atoms with Crippen LogP contribution >= 0.6 is 99.9 Å². The number of esters is 3. The number of hydrogen-bond donors (Lipinski definition) is 9. The summed E-state index contributed by atoms with van der Waals surface area (Å²) in [5.41, 5.74) is -5.07. The molecule has 6 aromatic rings. The number of nitro groups is 4. The van der Waals surface area contributed by atoms with Crippen molar-refractivity contribution in [2.45, 2.75) is 179 Å². The van der Waals surface area contributed by atoms with E-state index in [1.165, 1.54) is 13.8 Å². The fourth-order valence-electron chi connectivity index (χ4n) is 12.5. The maximum absolute atomic E-state index is 13.4. The molecular formula is C78H74F28I5N12O20V2. The molecule has 0 radical (unpaired) electrons. The van der Waals surface area contributed by atoms with E-state index in [-0.39, 0.29) is 107 Å². The number of amides is 3. The van der Waals surface area contributed by atoms with Crippen LogP contribution in [0, 0.1) is 46.3 Å². The molecule has 11 rings (SSSR count). The second-order valence-corrected chi connectivity index (χ2v) is 75.9. The molecular weight excluding hydrogens is 2690 g/mol. The van der Waals surface area contributed by atoms with Gasteiger partial charge in [0.25, 0.3) is 17.2 Å². The van der Waals surface area contributed by atoms with Gasteiger partial charge in [0, 0.05) is 102 Å². The Hall–Kier alpha value is -9.10. The monoisotopic (exact) mass is 2770 g/mol. The normalized spacial score (nSPS) is 14.4. The molecule has 0 saturated carbocycles. The van der Waals surface area contributed by atoms with E-state index in [4.69, 9.17) is 11.5 Å². The average Bonchev–Trinajstić information content (AvgIpc) is 0.711. The molecule has 6 aromatic carbocycles. The Balaban J connectivity index is 0.000000564. The number of hydrogen-bond acceptors (Lipinski definition) is 25. The van der Waals surface area contributed by atoms with Crippen LogP contribution in [-0.2, 0) is 142 Å². The number of halogens is 33. The summed E-state index contributed by atoms with van der Waals surface area (Å²) in [5, 5.41) is 67.3. The maximum atomic E-state index is 13.4. The van der Waals surface area contributed by atoms with Crippen LogP contribution in [0.2, 0.25) is 0 Å². The van der Waals surface area contributed by atoms with Crippen molar-refractivity contribution >= 4 is 215 Å². The second-order valence-electron chi connectivity index (χ2n) is 28.8. The van der Waals surface area contributed by atoms with Crippen molar-refractivity contribution in [2.24, 2.45) is 0 Å². The number of ether oxygens (including phenoxy) is 3. The van der Waals surface area contributed by atoms with Gasteiger partial charge < -0.3 is 62.7 Å². The number of nitrogens with two attached hydrogens (primary N) is 2. The number of nitro benzene ring substituents is 4. The molecule has 1 unspecified atom stereocenters.